The minimum Gasteiger partial charge on any atom is -0.339 e. The largest absolute Gasteiger partial charge is 0.339 e. The number of aryl methyl sites for hydroxylation is 2. The molecule has 0 radical (unpaired) electrons. The average Bonchev–Trinajstić information content (AvgIpc) is 2.44. The Balaban J connectivity index is 2.14. The molecule has 1 amide bonds. The first kappa shape index (κ1) is 15.9. The molecule has 1 atom stereocenters. The SMILES string of the molecule is Cc1ccnc(C[C@H](C)N(C)C(=O)c2cc(C)[nH]c(=O)c2)c1. The van der Waals surface area contributed by atoms with Crippen molar-refractivity contribution in [3.05, 3.63) is 63.3 Å². The van der Waals surface area contributed by atoms with Gasteiger partial charge in [0.2, 0.25) is 5.56 Å². The molecule has 22 heavy (non-hydrogen) atoms. The number of hydrogen-bond donors (Lipinski definition) is 1. The van der Waals surface area contributed by atoms with Crippen molar-refractivity contribution in [3.63, 3.8) is 0 Å². The summed E-state index contributed by atoms with van der Waals surface area (Å²) < 4.78 is 0. The van der Waals surface area contributed by atoms with Crippen LogP contribution in [0.2, 0.25) is 0 Å². The summed E-state index contributed by atoms with van der Waals surface area (Å²) in [7, 11) is 1.75. The molecule has 0 saturated carbocycles. The first-order valence-electron chi connectivity index (χ1n) is 7.26. The zero-order valence-electron chi connectivity index (χ0n) is 13.4. The highest BCUT2D eigenvalue weighted by atomic mass is 16.2. The van der Waals surface area contributed by atoms with Crippen molar-refractivity contribution in [2.75, 3.05) is 7.05 Å². The quantitative estimate of drug-likeness (QED) is 0.940. The Kier molecular flexibility index (Phi) is 4.75. The van der Waals surface area contributed by atoms with Crippen molar-refractivity contribution >= 4 is 5.91 Å². The Morgan fingerprint density at radius 1 is 1.32 bits per heavy atom. The summed E-state index contributed by atoms with van der Waals surface area (Å²) in [6.07, 6.45) is 2.45. The highest BCUT2D eigenvalue weighted by Crippen LogP contribution is 2.10. The van der Waals surface area contributed by atoms with Gasteiger partial charge in [-0.2, -0.15) is 0 Å². The molecule has 2 aromatic rings. The Morgan fingerprint density at radius 3 is 2.68 bits per heavy atom. The smallest absolute Gasteiger partial charge is 0.254 e. The summed E-state index contributed by atoms with van der Waals surface area (Å²) in [6, 6.07) is 6.98. The van der Waals surface area contributed by atoms with Gasteiger partial charge in [-0.1, -0.05) is 0 Å². The van der Waals surface area contributed by atoms with Gasteiger partial charge in [-0.3, -0.25) is 14.6 Å². The van der Waals surface area contributed by atoms with E-state index in [2.05, 4.69) is 9.97 Å². The number of pyridine rings is 2. The Morgan fingerprint density at radius 2 is 2.05 bits per heavy atom. The Bertz CT molecular complexity index is 737. The van der Waals surface area contributed by atoms with E-state index in [4.69, 9.17) is 0 Å². The molecule has 2 aromatic heterocycles. The molecule has 0 bridgehead atoms. The van der Waals surface area contributed by atoms with Crippen molar-refractivity contribution in [2.24, 2.45) is 0 Å². The maximum absolute atomic E-state index is 12.5. The number of rotatable bonds is 4. The molecule has 1 N–H and O–H groups in total. The fourth-order valence-electron chi connectivity index (χ4n) is 2.36. The molecule has 2 heterocycles. The molecule has 116 valence electrons. The molecular formula is C17H21N3O2. The summed E-state index contributed by atoms with van der Waals surface area (Å²) >= 11 is 0. The number of amides is 1. The van der Waals surface area contributed by atoms with E-state index in [-0.39, 0.29) is 17.5 Å². The minimum absolute atomic E-state index is 0.0126. The third kappa shape index (κ3) is 3.81. The number of aromatic amines is 1. The lowest BCUT2D eigenvalue weighted by Crippen LogP contribution is -2.37. The minimum atomic E-state index is -0.259. The zero-order chi connectivity index (χ0) is 16.3. The van der Waals surface area contributed by atoms with Gasteiger partial charge >= 0.3 is 0 Å². The number of H-pyrrole nitrogens is 1. The Hall–Kier alpha value is -2.43. The lowest BCUT2D eigenvalue weighted by atomic mass is 10.1. The van der Waals surface area contributed by atoms with Crippen molar-refractivity contribution in [1.82, 2.24) is 14.9 Å². The van der Waals surface area contributed by atoms with Gasteiger partial charge in [0.25, 0.3) is 5.91 Å². The molecule has 0 saturated heterocycles. The van der Waals surface area contributed by atoms with Gasteiger partial charge in [0.1, 0.15) is 0 Å². The van der Waals surface area contributed by atoms with Gasteiger partial charge in [0, 0.05) is 48.7 Å². The van der Waals surface area contributed by atoms with E-state index in [0.717, 1.165) is 11.3 Å². The molecule has 0 aliphatic carbocycles. The molecule has 0 aliphatic rings. The zero-order valence-corrected chi connectivity index (χ0v) is 13.4. The normalized spacial score (nSPS) is 12.0. The van der Waals surface area contributed by atoms with Crippen LogP contribution in [0.5, 0.6) is 0 Å². The van der Waals surface area contributed by atoms with E-state index in [0.29, 0.717) is 17.7 Å². The average molecular weight is 299 g/mol. The standard InChI is InChI=1S/C17H21N3O2/c1-11-5-6-18-15(7-11)9-13(3)20(4)17(22)14-8-12(2)19-16(21)10-14/h5-8,10,13H,9H2,1-4H3,(H,19,21)/t13-/m0/s1. The van der Waals surface area contributed by atoms with Gasteiger partial charge in [-0.05, 0) is 44.5 Å². The highest BCUT2D eigenvalue weighted by Gasteiger charge is 2.19. The van der Waals surface area contributed by atoms with E-state index in [1.807, 2.05) is 26.0 Å². The number of carbonyl (C=O) groups excluding carboxylic acids is 1. The van der Waals surface area contributed by atoms with Crippen LogP contribution in [0.15, 0.2) is 35.3 Å². The summed E-state index contributed by atoms with van der Waals surface area (Å²) in [5.41, 5.74) is 2.93. The van der Waals surface area contributed by atoms with Crippen molar-refractivity contribution < 1.29 is 4.79 Å². The number of hydrogen-bond acceptors (Lipinski definition) is 3. The lowest BCUT2D eigenvalue weighted by Gasteiger charge is -2.25. The fraction of sp³-hybridized carbons (Fsp3) is 0.353. The molecule has 0 spiro atoms. The highest BCUT2D eigenvalue weighted by molar-refractivity contribution is 5.94. The summed E-state index contributed by atoms with van der Waals surface area (Å²) in [5.74, 6) is -0.158. The van der Waals surface area contributed by atoms with E-state index in [1.54, 1.807) is 31.1 Å². The second-order valence-electron chi connectivity index (χ2n) is 5.71. The van der Waals surface area contributed by atoms with Crippen LogP contribution in [0.1, 0.15) is 34.2 Å². The lowest BCUT2D eigenvalue weighted by molar-refractivity contribution is 0.0742. The number of likely N-dealkylation sites (N-methyl/N-ethyl adjacent to an activating group) is 1. The van der Waals surface area contributed by atoms with Crippen molar-refractivity contribution in [2.45, 2.75) is 33.2 Å². The van der Waals surface area contributed by atoms with Crippen molar-refractivity contribution in [3.8, 4) is 0 Å². The van der Waals surface area contributed by atoms with Crippen LogP contribution in [0.4, 0.5) is 0 Å². The topological polar surface area (TPSA) is 66.1 Å². The molecule has 0 aliphatic heterocycles. The molecule has 5 nitrogen and oxygen atoms in total. The maximum atomic E-state index is 12.5. The fourth-order valence-corrected chi connectivity index (χ4v) is 2.36. The van der Waals surface area contributed by atoms with E-state index in [9.17, 15) is 9.59 Å². The Labute approximate surface area is 130 Å². The van der Waals surface area contributed by atoms with Gasteiger partial charge < -0.3 is 9.88 Å². The predicted octanol–water partition coefficient (Wildman–Crippen LogP) is 2.09. The predicted molar refractivity (Wildman–Crippen MR) is 86.0 cm³/mol. The van der Waals surface area contributed by atoms with Crippen LogP contribution in [-0.4, -0.2) is 33.9 Å². The maximum Gasteiger partial charge on any atom is 0.254 e. The molecular weight excluding hydrogens is 278 g/mol. The van der Waals surface area contributed by atoms with Crippen LogP contribution >= 0.6 is 0 Å². The molecule has 0 fully saturated rings. The van der Waals surface area contributed by atoms with E-state index >= 15 is 0 Å². The summed E-state index contributed by atoms with van der Waals surface area (Å²) in [6.45, 7) is 5.75. The number of nitrogens with one attached hydrogen (secondary N) is 1. The first-order valence-corrected chi connectivity index (χ1v) is 7.26. The second-order valence-corrected chi connectivity index (χ2v) is 5.71. The van der Waals surface area contributed by atoms with Crippen LogP contribution in [0.25, 0.3) is 0 Å². The van der Waals surface area contributed by atoms with Gasteiger partial charge in [-0.15, -0.1) is 0 Å². The number of aromatic nitrogens is 2. The van der Waals surface area contributed by atoms with Crippen LogP contribution in [0.3, 0.4) is 0 Å². The van der Waals surface area contributed by atoms with Crippen LogP contribution in [0, 0.1) is 13.8 Å². The van der Waals surface area contributed by atoms with E-state index in [1.165, 1.54) is 6.07 Å². The molecule has 5 heteroatoms. The van der Waals surface area contributed by atoms with Crippen LogP contribution < -0.4 is 5.56 Å². The third-order valence-corrected chi connectivity index (χ3v) is 3.68. The first-order chi connectivity index (χ1) is 10.4. The van der Waals surface area contributed by atoms with Crippen molar-refractivity contribution in [1.29, 1.82) is 0 Å². The number of carbonyl (C=O) groups is 1. The third-order valence-electron chi connectivity index (χ3n) is 3.68. The van der Waals surface area contributed by atoms with E-state index < -0.39 is 0 Å². The van der Waals surface area contributed by atoms with Gasteiger partial charge in [0.05, 0.1) is 0 Å². The summed E-state index contributed by atoms with van der Waals surface area (Å²) in [5, 5.41) is 0. The van der Waals surface area contributed by atoms with Gasteiger partial charge in [0.15, 0.2) is 0 Å². The van der Waals surface area contributed by atoms with Gasteiger partial charge in [-0.25, -0.2) is 0 Å². The second kappa shape index (κ2) is 6.56. The number of nitrogens with zero attached hydrogens (tertiary/aromatic N) is 2. The monoisotopic (exact) mass is 299 g/mol. The molecule has 0 aromatic carbocycles. The molecule has 2 rings (SSSR count). The molecule has 0 unspecified atom stereocenters. The van der Waals surface area contributed by atoms with Crippen LogP contribution in [-0.2, 0) is 6.42 Å². The summed E-state index contributed by atoms with van der Waals surface area (Å²) in [4.78, 5) is 32.6.